The molecule has 1 heterocycles. The van der Waals surface area contributed by atoms with E-state index in [-0.39, 0.29) is 5.89 Å². The lowest BCUT2D eigenvalue weighted by molar-refractivity contribution is 0.355. The van der Waals surface area contributed by atoms with Gasteiger partial charge in [0, 0.05) is 11.8 Å². The third-order valence-electron chi connectivity index (χ3n) is 2.22. The topological polar surface area (TPSA) is 103 Å². The molecule has 17 heavy (non-hydrogen) atoms. The maximum atomic E-state index is 10.9. The number of aromatic amines is 1. The summed E-state index contributed by atoms with van der Waals surface area (Å²) in [6.07, 6.45) is 0. The number of aromatic nitrogens is 2. The van der Waals surface area contributed by atoms with Gasteiger partial charge < -0.3 is 19.6 Å². The van der Waals surface area contributed by atoms with Crippen molar-refractivity contribution in [3.8, 4) is 23.0 Å². The minimum absolute atomic E-state index is 0.105. The Hall–Kier alpha value is -2.44. The lowest BCUT2D eigenvalue weighted by Crippen LogP contribution is -1.96. The summed E-state index contributed by atoms with van der Waals surface area (Å²) >= 11 is 0. The molecule has 0 aliphatic heterocycles. The summed E-state index contributed by atoms with van der Waals surface area (Å²) in [5.41, 5.74) is 6.64. The Morgan fingerprint density at radius 1 is 1.29 bits per heavy atom. The smallest absolute Gasteiger partial charge is 0.434 e. The zero-order valence-corrected chi connectivity index (χ0v) is 9.31. The number of anilines is 1. The molecule has 0 saturated carbocycles. The van der Waals surface area contributed by atoms with Crippen LogP contribution < -0.4 is 21.0 Å². The van der Waals surface area contributed by atoms with Crippen LogP contribution in [0.4, 0.5) is 5.69 Å². The molecule has 0 bridgehead atoms. The highest BCUT2D eigenvalue weighted by molar-refractivity contribution is 5.74. The Bertz CT molecular complexity index is 587. The Balaban J connectivity index is 2.58. The molecule has 0 atom stereocenters. The molecule has 7 nitrogen and oxygen atoms in total. The molecule has 0 fully saturated rings. The normalized spacial score (nSPS) is 10.2. The number of hydrogen-bond donors (Lipinski definition) is 2. The van der Waals surface area contributed by atoms with Crippen LogP contribution in [-0.4, -0.2) is 24.4 Å². The van der Waals surface area contributed by atoms with E-state index in [9.17, 15) is 4.79 Å². The molecule has 0 saturated heterocycles. The predicted octanol–water partition coefficient (Wildman–Crippen LogP) is 0.629. The molecule has 1 aromatic heterocycles. The zero-order chi connectivity index (χ0) is 12.4. The highest BCUT2D eigenvalue weighted by Crippen LogP contribution is 2.35. The van der Waals surface area contributed by atoms with Crippen LogP contribution in [0.1, 0.15) is 0 Å². The average Bonchev–Trinajstić information content (AvgIpc) is 2.75. The van der Waals surface area contributed by atoms with Crippen LogP contribution >= 0.6 is 0 Å². The van der Waals surface area contributed by atoms with E-state index in [1.165, 1.54) is 14.2 Å². The summed E-state index contributed by atoms with van der Waals surface area (Å²) in [5, 5.41) is 5.86. The Morgan fingerprint density at radius 2 is 1.94 bits per heavy atom. The zero-order valence-electron chi connectivity index (χ0n) is 9.31. The van der Waals surface area contributed by atoms with E-state index in [1.54, 1.807) is 12.1 Å². The number of hydrogen-bond acceptors (Lipinski definition) is 6. The molecule has 7 heteroatoms. The van der Waals surface area contributed by atoms with Gasteiger partial charge in [-0.1, -0.05) is 0 Å². The van der Waals surface area contributed by atoms with Gasteiger partial charge in [-0.2, -0.15) is 0 Å². The largest absolute Gasteiger partial charge is 0.493 e. The van der Waals surface area contributed by atoms with Crippen molar-refractivity contribution in [3.63, 3.8) is 0 Å². The Labute approximate surface area is 96.1 Å². The van der Waals surface area contributed by atoms with Gasteiger partial charge in [-0.15, -0.1) is 5.10 Å². The second-order valence-corrected chi connectivity index (χ2v) is 3.21. The summed E-state index contributed by atoms with van der Waals surface area (Å²) in [6.45, 7) is 0. The van der Waals surface area contributed by atoms with Gasteiger partial charge in [-0.3, -0.25) is 0 Å². The minimum atomic E-state index is -0.644. The highest BCUT2D eigenvalue weighted by atomic mass is 16.5. The van der Waals surface area contributed by atoms with Gasteiger partial charge in [0.15, 0.2) is 11.5 Å². The number of nitrogens with one attached hydrogen (secondary N) is 1. The van der Waals surface area contributed by atoms with Gasteiger partial charge in [0.25, 0.3) is 5.89 Å². The third kappa shape index (κ3) is 1.94. The molecule has 0 amide bonds. The quantitative estimate of drug-likeness (QED) is 0.759. The number of nitrogens with zero attached hydrogens (tertiary/aromatic N) is 1. The van der Waals surface area contributed by atoms with Crippen molar-refractivity contribution < 1.29 is 13.9 Å². The summed E-state index contributed by atoms with van der Waals surface area (Å²) in [5.74, 6) is 0.427. The monoisotopic (exact) mass is 237 g/mol. The number of benzene rings is 1. The molecule has 0 unspecified atom stereocenters. The second-order valence-electron chi connectivity index (χ2n) is 3.21. The Kier molecular flexibility index (Phi) is 2.73. The molecular formula is C10H11N3O4. The van der Waals surface area contributed by atoms with E-state index in [2.05, 4.69) is 10.2 Å². The van der Waals surface area contributed by atoms with Gasteiger partial charge in [-0.05, 0) is 6.07 Å². The van der Waals surface area contributed by atoms with E-state index < -0.39 is 5.76 Å². The van der Waals surface area contributed by atoms with Gasteiger partial charge in [0.1, 0.15) is 0 Å². The van der Waals surface area contributed by atoms with Crippen molar-refractivity contribution in [2.75, 3.05) is 20.0 Å². The van der Waals surface area contributed by atoms with Gasteiger partial charge in [0.05, 0.1) is 19.8 Å². The SMILES string of the molecule is COc1cc(N)c(-c2n[nH]c(=O)o2)cc1OC. The number of nitrogen functional groups attached to an aromatic ring is 1. The van der Waals surface area contributed by atoms with E-state index in [0.29, 0.717) is 22.7 Å². The lowest BCUT2D eigenvalue weighted by Gasteiger charge is -2.10. The summed E-state index contributed by atoms with van der Waals surface area (Å²) in [7, 11) is 3.00. The van der Waals surface area contributed by atoms with Crippen molar-refractivity contribution in [1.29, 1.82) is 0 Å². The van der Waals surface area contributed by atoms with E-state index in [4.69, 9.17) is 19.6 Å². The first-order valence-electron chi connectivity index (χ1n) is 4.73. The number of rotatable bonds is 3. The first-order chi connectivity index (χ1) is 8.15. The van der Waals surface area contributed by atoms with Crippen LogP contribution in [0.3, 0.4) is 0 Å². The van der Waals surface area contributed by atoms with Crippen molar-refractivity contribution in [2.24, 2.45) is 0 Å². The Morgan fingerprint density at radius 3 is 2.47 bits per heavy atom. The summed E-state index contributed by atoms with van der Waals surface area (Å²) in [4.78, 5) is 10.9. The fraction of sp³-hybridized carbons (Fsp3) is 0.200. The van der Waals surface area contributed by atoms with Crippen LogP contribution in [0.2, 0.25) is 0 Å². The lowest BCUT2D eigenvalue weighted by atomic mass is 10.1. The molecule has 90 valence electrons. The molecule has 2 aromatic rings. The average molecular weight is 237 g/mol. The highest BCUT2D eigenvalue weighted by Gasteiger charge is 2.14. The third-order valence-corrected chi connectivity index (χ3v) is 2.22. The molecule has 0 spiro atoms. The first kappa shape index (κ1) is 11.1. The molecule has 1 aromatic carbocycles. The number of methoxy groups -OCH3 is 2. The van der Waals surface area contributed by atoms with Crippen LogP contribution in [0.25, 0.3) is 11.5 Å². The fourth-order valence-electron chi connectivity index (χ4n) is 1.42. The van der Waals surface area contributed by atoms with Crippen LogP contribution in [0.15, 0.2) is 21.3 Å². The minimum Gasteiger partial charge on any atom is -0.493 e. The first-order valence-corrected chi connectivity index (χ1v) is 4.73. The van der Waals surface area contributed by atoms with Crippen LogP contribution in [0.5, 0.6) is 11.5 Å². The van der Waals surface area contributed by atoms with E-state index in [0.717, 1.165) is 0 Å². The van der Waals surface area contributed by atoms with E-state index in [1.807, 2.05) is 0 Å². The van der Waals surface area contributed by atoms with Crippen molar-refractivity contribution >= 4 is 5.69 Å². The number of nitrogens with two attached hydrogens (primary N) is 1. The molecule has 0 aliphatic rings. The van der Waals surface area contributed by atoms with Crippen LogP contribution in [0, 0.1) is 0 Å². The predicted molar refractivity (Wildman–Crippen MR) is 60.1 cm³/mol. The van der Waals surface area contributed by atoms with Gasteiger partial charge >= 0.3 is 5.76 Å². The van der Waals surface area contributed by atoms with Crippen molar-refractivity contribution in [3.05, 3.63) is 22.7 Å². The van der Waals surface area contributed by atoms with Crippen LogP contribution in [-0.2, 0) is 0 Å². The van der Waals surface area contributed by atoms with Gasteiger partial charge in [0.2, 0.25) is 0 Å². The number of ether oxygens (including phenoxy) is 2. The molecule has 3 N–H and O–H groups in total. The number of H-pyrrole nitrogens is 1. The van der Waals surface area contributed by atoms with E-state index >= 15 is 0 Å². The summed E-state index contributed by atoms with van der Waals surface area (Å²) < 4.78 is 15.0. The van der Waals surface area contributed by atoms with Crippen molar-refractivity contribution in [1.82, 2.24) is 10.2 Å². The standard InChI is InChI=1S/C10H11N3O4/c1-15-7-3-5(6(11)4-8(7)16-2)9-12-13-10(14)17-9/h3-4H,11H2,1-2H3,(H,13,14). The molecular weight excluding hydrogens is 226 g/mol. The second kappa shape index (κ2) is 4.20. The molecule has 2 rings (SSSR count). The summed E-state index contributed by atoms with van der Waals surface area (Å²) in [6, 6.07) is 3.16. The van der Waals surface area contributed by atoms with Gasteiger partial charge in [-0.25, -0.2) is 9.89 Å². The maximum Gasteiger partial charge on any atom is 0.434 e. The molecule has 0 radical (unpaired) electrons. The maximum absolute atomic E-state index is 10.9. The fourth-order valence-corrected chi connectivity index (χ4v) is 1.42. The van der Waals surface area contributed by atoms with Crippen molar-refractivity contribution in [2.45, 2.75) is 0 Å². The molecule has 0 aliphatic carbocycles.